The largest absolute Gasteiger partial charge is 0.493 e. The summed E-state index contributed by atoms with van der Waals surface area (Å²) in [5.41, 5.74) is -1.54. The molecule has 10 heteroatoms. The smallest absolute Gasteiger partial charge is 0.417 e. The number of benzene rings is 2. The number of rotatable bonds is 9. The molecule has 0 saturated heterocycles. The third-order valence-corrected chi connectivity index (χ3v) is 5.80. The minimum atomic E-state index is -4.69. The Morgan fingerprint density at radius 1 is 1.06 bits per heavy atom. The minimum Gasteiger partial charge on any atom is -0.493 e. The van der Waals surface area contributed by atoms with Crippen LogP contribution in [0.4, 0.5) is 13.2 Å². The summed E-state index contributed by atoms with van der Waals surface area (Å²) in [6.45, 7) is 2.34. The maximum Gasteiger partial charge on any atom is 0.417 e. The summed E-state index contributed by atoms with van der Waals surface area (Å²) in [5.74, 6) is 0.196. The van der Waals surface area contributed by atoms with Crippen LogP contribution in [-0.2, 0) is 19.1 Å². The molecule has 1 N–H and O–H groups in total. The number of hydrogen-bond acceptors (Lipinski definition) is 5. The lowest BCUT2D eigenvalue weighted by Crippen LogP contribution is -2.23. The molecule has 0 atom stereocenters. The van der Waals surface area contributed by atoms with Crippen LogP contribution in [0.1, 0.15) is 37.3 Å². The Balaban J connectivity index is 1.47. The molecule has 190 valence electrons. The number of nitrogens with zero attached hydrogens (tertiary/aromatic N) is 2. The van der Waals surface area contributed by atoms with Gasteiger partial charge in [-0.3, -0.25) is 9.13 Å². The molecule has 0 saturated carbocycles. The molecule has 2 aromatic heterocycles. The molecule has 36 heavy (non-hydrogen) atoms. The molecule has 4 aromatic rings. The average Bonchev–Trinajstić information content (AvgIpc) is 3.13. The fourth-order valence-corrected chi connectivity index (χ4v) is 4.13. The number of unbranched alkanes of at least 4 members (excludes halogenated alkanes) is 1. The van der Waals surface area contributed by atoms with E-state index in [1.807, 2.05) is 13.0 Å². The van der Waals surface area contributed by atoms with Crippen molar-refractivity contribution in [3.63, 3.8) is 0 Å². The number of alkyl halides is 3. The van der Waals surface area contributed by atoms with Gasteiger partial charge in [-0.15, -0.1) is 0 Å². The number of hydrogen-bond donors (Lipinski definition) is 1. The Kier molecular flexibility index (Phi) is 7.23. The standard InChI is InChI=1S/C26H25F3N2O5/c1-2-8-19-21(12-11-18-20(26(27,28)29)15-23(33)36-24(18)19)35-14-7-6-13-30-22(32)16-31(25(30)34)17-9-4-3-5-10-17/h3-5,9-12,15-16,32H,2,6-8,13-14H2,1H3. The van der Waals surface area contributed by atoms with E-state index in [9.17, 15) is 27.9 Å². The Morgan fingerprint density at radius 2 is 1.81 bits per heavy atom. The highest BCUT2D eigenvalue weighted by Crippen LogP contribution is 2.37. The van der Waals surface area contributed by atoms with Crippen molar-refractivity contribution in [2.45, 2.75) is 45.3 Å². The lowest BCUT2D eigenvalue weighted by molar-refractivity contribution is -0.136. The number of aromatic hydroxyl groups is 1. The molecular formula is C26H25F3N2O5. The lowest BCUT2D eigenvalue weighted by atomic mass is 10.0. The Bertz CT molecular complexity index is 1470. The van der Waals surface area contributed by atoms with Crippen LogP contribution in [0.25, 0.3) is 16.7 Å². The topological polar surface area (TPSA) is 86.6 Å². The van der Waals surface area contributed by atoms with Gasteiger partial charge < -0.3 is 14.3 Å². The number of para-hydroxylation sites is 1. The summed E-state index contributed by atoms with van der Waals surface area (Å²) in [6, 6.07) is 12.1. The fraction of sp³-hybridized carbons (Fsp3) is 0.308. The van der Waals surface area contributed by atoms with E-state index in [-0.39, 0.29) is 35.7 Å². The van der Waals surface area contributed by atoms with Crippen LogP contribution >= 0.6 is 0 Å². The predicted octanol–water partition coefficient (Wildman–Crippen LogP) is 5.28. The number of fused-ring (bicyclic) bond motifs is 1. The van der Waals surface area contributed by atoms with Crippen LogP contribution in [0.15, 0.2) is 68.7 Å². The van der Waals surface area contributed by atoms with Crippen molar-refractivity contribution >= 4 is 11.0 Å². The van der Waals surface area contributed by atoms with Gasteiger partial charge in [0.2, 0.25) is 5.88 Å². The molecule has 0 aliphatic carbocycles. The summed E-state index contributed by atoms with van der Waals surface area (Å²) in [5, 5.41) is 10.0. The van der Waals surface area contributed by atoms with Crippen molar-refractivity contribution in [1.29, 1.82) is 0 Å². The monoisotopic (exact) mass is 502 g/mol. The van der Waals surface area contributed by atoms with Crippen LogP contribution in [0.5, 0.6) is 11.6 Å². The maximum absolute atomic E-state index is 13.4. The summed E-state index contributed by atoms with van der Waals surface area (Å²) in [4.78, 5) is 24.5. The molecule has 2 heterocycles. The zero-order chi connectivity index (χ0) is 25.9. The van der Waals surface area contributed by atoms with E-state index >= 15 is 0 Å². The number of aromatic nitrogens is 2. The lowest BCUT2D eigenvalue weighted by Gasteiger charge is -2.15. The highest BCUT2D eigenvalue weighted by Gasteiger charge is 2.34. The van der Waals surface area contributed by atoms with Crippen LogP contribution in [0.3, 0.4) is 0 Å². The van der Waals surface area contributed by atoms with E-state index in [1.54, 1.807) is 24.3 Å². The Morgan fingerprint density at radius 3 is 2.50 bits per heavy atom. The summed E-state index contributed by atoms with van der Waals surface area (Å²) in [7, 11) is 0. The predicted molar refractivity (Wildman–Crippen MR) is 128 cm³/mol. The van der Waals surface area contributed by atoms with Crippen molar-refractivity contribution in [1.82, 2.24) is 9.13 Å². The second-order valence-corrected chi connectivity index (χ2v) is 8.33. The van der Waals surface area contributed by atoms with Crippen molar-refractivity contribution in [3.05, 3.63) is 86.8 Å². The van der Waals surface area contributed by atoms with Crippen molar-refractivity contribution in [2.75, 3.05) is 6.61 Å². The summed E-state index contributed by atoms with van der Waals surface area (Å²) >= 11 is 0. The fourth-order valence-electron chi connectivity index (χ4n) is 4.13. The molecule has 2 aromatic carbocycles. The van der Waals surface area contributed by atoms with Crippen LogP contribution in [0, 0.1) is 0 Å². The average molecular weight is 502 g/mol. The third-order valence-electron chi connectivity index (χ3n) is 5.80. The molecule has 0 spiro atoms. The second-order valence-electron chi connectivity index (χ2n) is 8.33. The molecular weight excluding hydrogens is 477 g/mol. The van der Waals surface area contributed by atoms with Gasteiger partial charge >= 0.3 is 17.5 Å². The molecule has 0 radical (unpaired) electrons. The number of ether oxygens (including phenoxy) is 1. The van der Waals surface area contributed by atoms with Crippen LogP contribution < -0.4 is 16.1 Å². The maximum atomic E-state index is 13.4. The molecule has 0 fully saturated rings. The quantitative estimate of drug-likeness (QED) is 0.249. The normalized spacial score (nSPS) is 11.8. The minimum absolute atomic E-state index is 0.118. The van der Waals surface area contributed by atoms with E-state index < -0.39 is 17.4 Å². The second kappa shape index (κ2) is 10.3. The molecule has 7 nitrogen and oxygen atoms in total. The number of imidazole rings is 1. The zero-order valence-electron chi connectivity index (χ0n) is 19.5. The van der Waals surface area contributed by atoms with E-state index in [0.29, 0.717) is 48.8 Å². The van der Waals surface area contributed by atoms with Gasteiger partial charge in [0.25, 0.3) is 0 Å². The van der Waals surface area contributed by atoms with E-state index in [1.165, 1.54) is 27.5 Å². The van der Waals surface area contributed by atoms with Gasteiger partial charge in [0.05, 0.1) is 24.1 Å². The zero-order valence-corrected chi connectivity index (χ0v) is 19.5. The van der Waals surface area contributed by atoms with Crippen LogP contribution in [-0.4, -0.2) is 20.8 Å². The molecule has 0 aliphatic heterocycles. The first kappa shape index (κ1) is 25.2. The summed E-state index contributed by atoms with van der Waals surface area (Å²) in [6.07, 6.45) is -1.33. The third kappa shape index (κ3) is 5.17. The number of halogens is 3. The van der Waals surface area contributed by atoms with Gasteiger partial charge in [-0.1, -0.05) is 31.5 Å². The Hall–Kier alpha value is -3.95. The van der Waals surface area contributed by atoms with Crippen molar-refractivity contribution < 1.29 is 27.4 Å². The molecule has 0 aliphatic rings. The highest BCUT2D eigenvalue weighted by molar-refractivity contribution is 5.85. The summed E-state index contributed by atoms with van der Waals surface area (Å²) < 4.78 is 54.0. The van der Waals surface area contributed by atoms with E-state index in [0.717, 1.165) is 0 Å². The molecule has 0 amide bonds. The van der Waals surface area contributed by atoms with Gasteiger partial charge in [-0.2, -0.15) is 13.2 Å². The van der Waals surface area contributed by atoms with E-state index in [2.05, 4.69) is 0 Å². The van der Waals surface area contributed by atoms with Crippen molar-refractivity contribution in [2.24, 2.45) is 0 Å². The van der Waals surface area contributed by atoms with Gasteiger partial charge in [-0.25, -0.2) is 9.59 Å². The van der Waals surface area contributed by atoms with Gasteiger partial charge in [0.1, 0.15) is 11.3 Å². The highest BCUT2D eigenvalue weighted by atomic mass is 19.4. The van der Waals surface area contributed by atoms with Gasteiger partial charge in [0.15, 0.2) is 0 Å². The number of aryl methyl sites for hydroxylation is 1. The van der Waals surface area contributed by atoms with Crippen molar-refractivity contribution in [3.8, 4) is 17.3 Å². The SMILES string of the molecule is CCCc1c(OCCCCn2c(O)cn(-c3ccccc3)c2=O)ccc2c(C(F)(F)F)cc(=O)oc12. The molecule has 0 unspecified atom stereocenters. The van der Waals surface area contributed by atoms with Gasteiger partial charge in [0, 0.05) is 23.6 Å². The van der Waals surface area contributed by atoms with Gasteiger partial charge in [-0.05, 0) is 43.5 Å². The first-order valence-corrected chi connectivity index (χ1v) is 11.6. The van der Waals surface area contributed by atoms with Crippen LogP contribution in [0.2, 0.25) is 0 Å². The molecule has 4 rings (SSSR count). The first-order valence-electron chi connectivity index (χ1n) is 11.6. The first-order chi connectivity index (χ1) is 17.2. The van der Waals surface area contributed by atoms with E-state index in [4.69, 9.17) is 9.15 Å². The Labute approximate surface area is 204 Å². The molecule has 0 bridgehead atoms.